The molecule has 1 aliphatic heterocycles. The van der Waals surface area contributed by atoms with Crippen LogP contribution in [0.1, 0.15) is 18.9 Å². The summed E-state index contributed by atoms with van der Waals surface area (Å²) < 4.78 is 5.32. The second kappa shape index (κ2) is 3.74. The summed E-state index contributed by atoms with van der Waals surface area (Å²) in [5, 5.41) is 2.66. The minimum Gasteiger partial charge on any atom is -0.436 e. The van der Waals surface area contributed by atoms with Crippen LogP contribution in [0.2, 0.25) is 0 Å². The van der Waals surface area contributed by atoms with E-state index in [9.17, 15) is 4.79 Å². The van der Waals surface area contributed by atoms with Gasteiger partial charge in [-0.2, -0.15) is 0 Å². The molecule has 0 spiro atoms. The fraction of sp³-hybridized carbons (Fsp3) is 0.364. The molecular formula is C11H12ClNO2. The molecule has 1 atom stereocenters. The van der Waals surface area contributed by atoms with E-state index in [4.69, 9.17) is 16.3 Å². The van der Waals surface area contributed by atoms with Crippen molar-refractivity contribution < 1.29 is 9.53 Å². The van der Waals surface area contributed by atoms with Crippen LogP contribution in [0.25, 0.3) is 0 Å². The summed E-state index contributed by atoms with van der Waals surface area (Å²) in [5.41, 5.74) is 1.05. The molecule has 1 aromatic rings. The highest BCUT2D eigenvalue weighted by Crippen LogP contribution is 2.39. The molecule has 0 unspecified atom stereocenters. The number of nitrogens with one attached hydrogen (secondary N) is 1. The van der Waals surface area contributed by atoms with Crippen molar-refractivity contribution in [3.8, 4) is 0 Å². The molecule has 1 aliphatic rings. The van der Waals surface area contributed by atoms with E-state index in [-0.39, 0.29) is 5.88 Å². The highest BCUT2D eigenvalue weighted by molar-refractivity contribution is 6.19. The molecule has 0 bridgehead atoms. The first-order valence-corrected chi connectivity index (χ1v) is 5.41. The highest BCUT2D eigenvalue weighted by atomic mass is 35.5. The monoisotopic (exact) mass is 225 g/mol. The Labute approximate surface area is 93.4 Å². The van der Waals surface area contributed by atoms with Crippen molar-refractivity contribution in [1.82, 2.24) is 0 Å². The first-order valence-electron chi connectivity index (χ1n) is 4.87. The molecule has 1 heterocycles. The van der Waals surface area contributed by atoms with Crippen LogP contribution in [0.15, 0.2) is 24.3 Å². The second-order valence-corrected chi connectivity index (χ2v) is 3.81. The van der Waals surface area contributed by atoms with Gasteiger partial charge in [0.1, 0.15) is 0 Å². The van der Waals surface area contributed by atoms with Crippen LogP contribution in [0.4, 0.5) is 10.5 Å². The molecule has 80 valence electrons. The van der Waals surface area contributed by atoms with E-state index in [1.807, 2.05) is 31.2 Å². The van der Waals surface area contributed by atoms with Crippen LogP contribution >= 0.6 is 11.6 Å². The van der Waals surface area contributed by atoms with Crippen molar-refractivity contribution in [1.29, 1.82) is 0 Å². The number of hydrogen-bond donors (Lipinski definition) is 1. The van der Waals surface area contributed by atoms with Crippen LogP contribution in [-0.2, 0) is 10.3 Å². The van der Waals surface area contributed by atoms with Gasteiger partial charge < -0.3 is 4.74 Å². The molecule has 0 aliphatic carbocycles. The Morgan fingerprint density at radius 3 is 2.87 bits per heavy atom. The third-order valence-electron chi connectivity index (χ3n) is 2.73. The summed E-state index contributed by atoms with van der Waals surface area (Å²) in [6.45, 7) is 1.96. The van der Waals surface area contributed by atoms with Gasteiger partial charge in [0.15, 0.2) is 5.60 Å². The van der Waals surface area contributed by atoms with E-state index < -0.39 is 11.7 Å². The van der Waals surface area contributed by atoms with Gasteiger partial charge in [0.25, 0.3) is 0 Å². The smallest absolute Gasteiger partial charge is 0.412 e. The summed E-state index contributed by atoms with van der Waals surface area (Å²) in [6.07, 6.45) is 0.234. The van der Waals surface area contributed by atoms with Gasteiger partial charge >= 0.3 is 6.09 Å². The quantitative estimate of drug-likeness (QED) is 0.786. The van der Waals surface area contributed by atoms with E-state index in [1.165, 1.54) is 0 Å². The summed E-state index contributed by atoms with van der Waals surface area (Å²) in [5.74, 6) is 0.272. The zero-order chi connectivity index (χ0) is 10.9. The Morgan fingerprint density at radius 2 is 2.20 bits per heavy atom. The van der Waals surface area contributed by atoms with Gasteiger partial charge in [0.2, 0.25) is 0 Å². The molecule has 15 heavy (non-hydrogen) atoms. The molecule has 1 amide bonds. The number of amides is 1. The van der Waals surface area contributed by atoms with E-state index in [0.29, 0.717) is 6.42 Å². The molecule has 3 nitrogen and oxygen atoms in total. The van der Waals surface area contributed by atoms with Crippen molar-refractivity contribution in [3.63, 3.8) is 0 Å². The third kappa shape index (κ3) is 1.57. The van der Waals surface area contributed by atoms with E-state index in [1.54, 1.807) is 0 Å². The summed E-state index contributed by atoms with van der Waals surface area (Å²) in [4.78, 5) is 11.4. The fourth-order valence-corrected chi connectivity index (χ4v) is 2.20. The zero-order valence-corrected chi connectivity index (χ0v) is 9.17. The summed E-state index contributed by atoms with van der Waals surface area (Å²) in [6, 6.07) is 7.57. The van der Waals surface area contributed by atoms with E-state index >= 15 is 0 Å². The molecule has 1 aromatic carbocycles. The molecule has 4 heteroatoms. The Bertz CT molecular complexity index is 388. The van der Waals surface area contributed by atoms with Crippen molar-refractivity contribution in [2.75, 3.05) is 11.2 Å². The number of cyclic esters (lactones) is 1. The van der Waals surface area contributed by atoms with Crippen LogP contribution in [0, 0.1) is 0 Å². The molecule has 0 saturated carbocycles. The number of para-hydroxylation sites is 1. The number of anilines is 1. The van der Waals surface area contributed by atoms with Gasteiger partial charge in [0.05, 0.1) is 11.6 Å². The molecule has 0 radical (unpaired) electrons. The Balaban J connectivity index is 2.55. The number of carbonyl (C=O) groups is 1. The summed E-state index contributed by atoms with van der Waals surface area (Å²) in [7, 11) is 0. The lowest BCUT2D eigenvalue weighted by Gasteiger charge is -2.36. The molecule has 0 aromatic heterocycles. The maximum Gasteiger partial charge on any atom is 0.412 e. The van der Waals surface area contributed by atoms with Crippen molar-refractivity contribution in [2.45, 2.75) is 18.9 Å². The molecule has 2 rings (SSSR count). The van der Waals surface area contributed by atoms with Crippen molar-refractivity contribution in [2.24, 2.45) is 0 Å². The normalized spacial score (nSPS) is 24.0. The number of halogens is 1. The largest absolute Gasteiger partial charge is 0.436 e. The Kier molecular flexibility index (Phi) is 2.57. The second-order valence-electron chi connectivity index (χ2n) is 3.54. The van der Waals surface area contributed by atoms with Gasteiger partial charge in [-0.3, -0.25) is 5.32 Å². The predicted octanol–water partition coefficient (Wildman–Crippen LogP) is 3.09. The first kappa shape index (κ1) is 10.3. The Hall–Kier alpha value is -1.22. The van der Waals surface area contributed by atoms with Crippen LogP contribution < -0.4 is 5.32 Å². The number of alkyl halides is 1. The number of ether oxygens (including phenoxy) is 1. The van der Waals surface area contributed by atoms with Crippen molar-refractivity contribution in [3.05, 3.63) is 29.8 Å². The van der Waals surface area contributed by atoms with E-state index in [0.717, 1.165) is 11.3 Å². The minimum atomic E-state index is -0.680. The van der Waals surface area contributed by atoms with Gasteiger partial charge in [-0.1, -0.05) is 25.1 Å². The zero-order valence-electron chi connectivity index (χ0n) is 8.42. The van der Waals surface area contributed by atoms with Crippen LogP contribution in [-0.4, -0.2) is 12.0 Å². The standard InChI is InChI=1S/C11H12ClNO2/c1-2-11(7-12)8-5-3-4-6-9(8)13-10(14)15-11/h3-6H,2,7H2,1H3,(H,13,14)/t11-/m1/s1. The molecule has 0 saturated heterocycles. The molecule has 1 N–H and O–H groups in total. The SMILES string of the molecule is CC[C@]1(CCl)OC(=O)Nc2ccccc21. The van der Waals surface area contributed by atoms with Gasteiger partial charge in [-0.05, 0) is 12.5 Å². The third-order valence-corrected chi connectivity index (χ3v) is 3.16. The molecular weight excluding hydrogens is 214 g/mol. The van der Waals surface area contributed by atoms with Gasteiger partial charge in [-0.15, -0.1) is 11.6 Å². The number of benzene rings is 1. The van der Waals surface area contributed by atoms with E-state index in [2.05, 4.69) is 5.32 Å². The first-order chi connectivity index (χ1) is 7.22. The lowest BCUT2D eigenvalue weighted by Crippen LogP contribution is -2.40. The minimum absolute atomic E-state index is 0.272. The molecule has 0 fully saturated rings. The lowest BCUT2D eigenvalue weighted by atomic mass is 9.90. The van der Waals surface area contributed by atoms with Gasteiger partial charge in [0, 0.05) is 5.56 Å². The maximum atomic E-state index is 11.4. The number of carbonyl (C=O) groups excluding carboxylic acids is 1. The number of fused-ring (bicyclic) bond motifs is 1. The Morgan fingerprint density at radius 1 is 1.47 bits per heavy atom. The predicted molar refractivity (Wildman–Crippen MR) is 59.2 cm³/mol. The highest BCUT2D eigenvalue weighted by Gasteiger charge is 2.39. The fourth-order valence-electron chi connectivity index (χ4n) is 1.81. The van der Waals surface area contributed by atoms with Gasteiger partial charge in [-0.25, -0.2) is 4.79 Å². The average molecular weight is 226 g/mol. The average Bonchev–Trinajstić information content (AvgIpc) is 2.27. The summed E-state index contributed by atoms with van der Waals surface area (Å²) >= 11 is 5.93. The topological polar surface area (TPSA) is 38.3 Å². The number of hydrogen-bond acceptors (Lipinski definition) is 2. The number of rotatable bonds is 2. The lowest BCUT2D eigenvalue weighted by molar-refractivity contribution is 0.0265. The van der Waals surface area contributed by atoms with Crippen molar-refractivity contribution >= 4 is 23.4 Å². The maximum absolute atomic E-state index is 11.4. The van der Waals surface area contributed by atoms with Crippen LogP contribution in [0.3, 0.4) is 0 Å². The van der Waals surface area contributed by atoms with Crippen LogP contribution in [0.5, 0.6) is 0 Å².